The molecule has 2 aromatic rings. The Balaban J connectivity index is 1.64. The molecule has 3 rings (SSSR count). The molecule has 114 valence electrons. The Hall–Kier alpha value is -2.18. The van der Waals surface area contributed by atoms with Crippen LogP contribution in [0.1, 0.15) is 34.0 Å². The maximum absolute atomic E-state index is 12.2. The predicted molar refractivity (Wildman–Crippen MR) is 85.0 cm³/mol. The lowest BCUT2D eigenvalue weighted by molar-refractivity contribution is -0.116. The number of hydrogen-bond acceptors (Lipinski definition) is 4. The molecule has 2 amide bonds. The van der Waals surface area contributed by atoms with Gasteiger partial charge in [0.15, 0.2) is 0 Å². The number of aliphatic hydroxyl groups excluding tert-OH is 1. The van der Waals surface area contributed by atoms with Crippen LogP contribution in [0.25, 0.3) is 0 Å². The number of carbonyl (C=O) groups is 2. The number of fused-ring (bicyclic) bond motifs is 1. The first-order chi connectivity index (χ1) is 10.6. The molecule has 0 bridgehead atoms. The van der Waals surface area contributed by atoms with Crippen molar-refractivity contribution >= 4 is 28.8 Å². The van der Waals surface area contributed by atoms with Crippen LogP contribution in [-0.2, 0) is 11.2 Å². The Morgan fingerprint density at radius 1 is 1.36 bits per heavy atom. The monoisotopic (exact) mass is 316 g/mol. The smallest absolute Gasteiger partial charge is 0.251 e. The number of hydrogen-bond donors (Lipinski definition) is 3. The molecule has 5 nitrogen and oxygen atoms in total. The molecule has 1 aliphatic rings. The first-order valence-corrected chi connectivity index (χ1v) is 7.99. The van der Waals surface area contributed by atoms with E-state index < -0.39 is 6.10 Å². The third kappa shape index (κ3) is 3.18. The Morgan fingerprint density at radius 3 is 3.00 bits per heavy atom. The van der Waals surface area contributed by atoms with Crippen LogP contribution in [0, 0.1) is 0 Å². The van der Waals surface area contributed by atoms with Gasteiger partial charge in [-0.1, -0.05) is 0 Å². The van der Waals surface area contributed by atoms with E-state index in [2.05, 4.69) is 10.6 Å². The number of aliphatic hydroxyl groups is 1. The molecule has 1 unspecified atom stereocenters. The summed E-state index contributed by atoms with van der Waals surface area (Å²) in [5.74, 6) is -0.224. The minimum absolute atomic E-state index is 0.00332. The van der Waals surface area contributed by atoms with Gasteiger partial charge in [-0.05, 0) is 52.6 Å². The van der Waals surface area contributed by atoms with Gasteiger partial charge in [-0.3, -0.25) is 9.59 Å². The minimum Gasteiger partial charge on any atom is -0.387 e. The van der Waals surface area contributed by atoms with Crippen molar-refractivity contribution < 1.29 is 14.7 Å². The standard InChI is InChI=1S/C16H16N2O3S/c19-14(12-5-6-22-9-12)8-17-16(21)11-1-3-13-10(7-11)2-4-15(20)18-13/h1,3,5-7,9,14,19H,2,4,8H2,(H,17,21)(H,18,20). The van der Waals surface area contributed by atoms with Crippen LogP contribution in [0.3, 0.4) is 0 Å². The first kappa shape index (κ1) is 14.7. The van der Waals surface area contributed by atoms with Gasteiger partial charge in [0.1, 0.15) is 0 Å². The van der Waals surface area contributed by atoms with E-state index in [0.717, 1.165) is 16.8 Å². The number of benzene rings is 1. The van der Waals surface area contributed by atoms with Gasteiger partial charge in [0, 0.05) is 24.2 Å². The summed E-state index contributed by atoms with van der Waals surface area (Å²) in [6.45, 7) is 0.170. The Kier molecular flexibility index (Phi) is 4.22. The summed E-state index contributed by atoms with van der Waals surface area (Å²) < 4.78 is 0. The number of amides is 2. The van der Waals surface area contributed by atoms with Crippen molar-refractivity contribution in [2.45, 2.75) is 18.9 Å². The first-order valence-electron chi connectivity index (χ1n) is 7.04. The fourth-order valence-electron chi connectivity index (χ4n) is 2.40. The van der Waals surface area contributed by atoms with E-state index in [4.69, 9.17) is 0 Å². The molecule has 1 aliphatic heterocycles. The van der Waals surface area contributed by atoms with Crippen LogP contribution in [-0.4, -0.2) is 23.5 Å². The molecule has 1 aromatic heterocycles. The number of thiophene rings is 1. The molecule has 0 spiro atoms. The van der Waals surface area contributed by atoms with Crippen molar-refractivity contribution in [3.8, 4) is 0 Å². The lowest BCUT2D eigenvalue weighted by Crippen LogP contribution is -2.28. The molecule has 2 heterocycles. The lowest BCUT2D eigenvalue weighted by atomic mass is 10.00. The summed E-state index contributed by atoms with van der Waals surface area (Å²) >= 11 is 1.51. The average molecular weight is 316 g/mol. The molecule has 6 heteroatoms. The third-order valence-electron chi connectivity index (χ3n) is 3.65. The summed E-state index contributed by atoms with van der Waals surface area (Å²) in [4.78, 5) is 23.5. The van der Waals surface area contributed by atoms with Crippen LogP contribution >= 0.6 is 11.3 Å². The van der Waals surface area contributed by atoms with E-state index in [-0.39, 0.29) is 18.4 Å². The number of nitrogens with one attached hydrogen (secondary N) is 2. The topological polar surface area (TPSA) is 78.4 Å². The molecule has 0 saturated carbocycles. The van der Waals surface area contributed by atoms with Crippen molar-refractivity contribution in [2.75, 3.05) is 11.9 Å². The second-order valence-electron chi connectivity index (χ2n) is 5.20. The Bertz CT molecular complexity index is 697. The largest absolute Gasteiger partial charge is 0.387 e. The SMILES string of the molecule is O=C1CCc2cc(C(=O)NCC(O)c3ccsc3)ccc2N1. The zero-order valence-corrected chi connectivity index (χ0v) is 12.7. The molecule has 1 aromatic carbocycles. The normalized spacial score (nSPS) is 14.9. The van der Waals surface area contributed by atoms with Gasteiger partial charge in [0.05, 0.1) is 6.10 Å². The van der Waals surface area contributed by atoms with Crippen LogP contribution in [0.4, 0.5) is 5.69 Å². The van der Waals surface area contributed by atoms with Crippen LogP contribution in [0.5, 0.6) is 0 Å². The van der Waals surface area contributed by atoms with Crippen LogP contribution in [0.15, 0.2) is 35.0 Å². The number of anilines is 1. The van der Waals surface area contributed by atoms with Gasteiger partial charge in [-0.25, -0.2) is 0 Å². The van der Waals surface area contributed by atoms with E-state index in [1.54, 1.807) is 18.2 Å². The van der Waals surface area contributed by atoms with E-state index in [1.807, 2.05) is 16.8 Å². The second-order valence-corrected chi connectivity index (χ2v) is 5.98. The summed E-state index contributed by atoms with van der Waals surface area (Å²) in [6, 6.07) is 7.05. The highest BCUT2D eigenvalue weighted by atomic mass is 32.1. The predicted octanol–water partition coefficient (Wildman–Crippen LogP) is 2.10. The summed E-state index contributed by atoms with van der Waals surface area (Å²) in [7, 11) is 0. The van der Waals surface area contributed by atoms with Gasteiger partial charge in [-0.2, -0.15) is 11.3 Å². The van der Waals surface area contributed by atoms with Crippen LogP contribution < -0.4 is 10.6 Å². The molecule has 3 N–H and O–H groups in total. The van der Waals surface area contributed by atoms with Crippen molar-refractivity contribution in [1.82, 2.24) is 5.32 Å². The molecular formula is C16H16N2O3S. The van der Waals surface area contributed by atoms with Crippen LogP contribution in [0.2, 0.25) is 0 Å². The highest BCUT2D eigenvalue weighted by Gasteiger charge is 2.17. The fraction of sp³-hybridized carbons (Fsp3) is 0.250. The molecule has 1 atom stereocenters. The zero-order valence-electron chi connectivity index (χ0n) is 11.8. The number of aryl methyl sites for hydroxylation is 1. The van der Waals surface area contributed by atoms with E-state index in [0.29, 0.717) is 18.4 Å². The zero-order chi connectivity index (χ0) is 15.5. The highest BCUT2D eigenvalue weighted by Crippen LogP contribution is 2.23. The molecule has 0 saturated heterocycles. The average Bonchev–Trinajstić information content (AvgIpc) is 3.06. The Labute approximate surface area is 132 Å². The van der Waals surface area contributed by atoms with Gasteiger partial charge < -0.3 is 15.7 Å². The highest BCUT2D eigenvalue weighted by molar-refractivity contribution is 7.07. The van der Waals surface area contributed by atoms with Gasteiger partial charge in [0.2, 0.25) is 5.91 Å². The molecule has 0 aliphatic carbocycles. The molecular weight excluding hydrogens is 300 g/mol. The number of rotatable bonds is 4. The van der Waals surface area contributed by atoms with Gasteiger partial charge >= 0.3 is 0 Å². The summed E-state index contributed by atoms with van der Waals surface area (Å²) in [5, 5.41) is 19.2. The van der Waals surface area contributed by atoms with Crippen molar-refractivity contribution in [1.29, 1.82) is 0 Å². The third-order valence-corrected chi connectivity index (χ3v) is 4.35. The second kappa shape index (κ2) is 6.29. The number of carbonyl (C=O) groups excluding carboxylic acids is 2. The molecule has 0 radical (unpaired) electrons. The van der Waals surface area contributed by atoms with Gasteiger partial charge in [-0.15, -0.1) is 0 Å². The van der Waals surface area contributed by atoms with E-state index in [1.165, 1.54) is 11.3 Å². The maximum atomic E-state index is 12.2. The maximum Gasteiger partial charge on any atom is 0.251 e. The van der Waals surface area contributed by atoms with Crippen molar-refractivity contribution in [3.63, 3.8) is 0 Å². The van der Waals surface area contributed by atoms with E-state index >= 15 is 0 Å². The lowest BCUT2D eigenvalue weighted by Gasteiger charge is -2.17. The molecule has 22 heavy (non-hydrogen) atoms. The van der Waals surface area contributed by atoms with E-state index in [9.17, 15) is 14.7 Å². The Morgan fingerprint density at radius 2 is 2.23 bits per heavy atom. The van der Waals surface area contributed by atoms with Crippen molar-refractivity contribution in [3.05, 3.63) is 51.7 Å². The fourth-order valence-corrected chi connectivity index (χ4v) is 3.11. The van der Waals surface area contributed by atoms with Gasteiger partial charge in [0.25, 0.3) is 5.91 Å². The minimum atomic E-state index is -0.702. The van der Waals surface area contributed by atoms with Crippen molar-refractivity contribution in [2.24, 2.45) is 0 Å². The summed E-state index contributed by atoms with van der Waals surface area (Å²) in [6.07, 6.45) is 0.376. The summed E-state index contributed by atoms with van der Waals surface area (Å²) in [5.41, 5.74) is 3.07. The quantitative estimate of drug-likeness (QED) is 0.808. The molecule has 0 fully saturated rings.